The third-order valence-corrected chi connectivity index (χ3v) is 6.59. The highest BCUT2D eigenvalue weighted by Crippen LogP contribution is 2.25. The van der Waals surface area contributed by atoms with Crippen LogP contribution in [-0.4, -0.2) is 92.2 Å². The van der Waals surface area contributed by atoms with Gasteiger partial charge in [-0.25, -0.2) is 4.79 Å². The van der Waals surface area contributed by atoms with Crippen LogP contribution in [0.1, 0.15) is 51.4 Å². The molecule has 1 atom stereocenters. The van der Waals surface area contributed by atoms with E-state index in [2.05, 4.69) is 10.2 Å². The van der Waals surface area contributed by atoms with Gasteiger partial charge < -0.3 is 19.9 Å². The second-order valence-corrected chi connectivity index (χ2v) is 8.77. The Morgan fingerprint density at radius 2 is 1.71 bits per heavy atom. The lowest BCUT2D eigenvalue weighted by Gasteiger charge is -2.38. The van der Waals surface area contributed by atoms with E-state index in [4.69, 9.17) is 4.74 Å². The number of carbonyl (C=O) groups excluding carboxylic acids is 2. The first-order valence-corrected chi connectivity index (χ1v) is 11.1. The highest BCUT2D eigenvalue weighted by Gasteiger charge is 2.35. The lowest BCUT2D eigenvalue weighted by Crippen LogP contribution is -2.50. The van der Waals surface area contributed by atoms with Gasteiger partial charge in [0.1, 0.15) is 0 Å². The molecular formula is C21H38N4O3. The molecule has 1 unspecified atom stereocenters. The normalized spacial score (nSPS) is 24.5. The Hall–Kier alpha value is -1.34. The molecule has 1 saturated carbocycles. The molecule has 3 fully saturated rings. The van der Waals surface area contributed by atoms with Crippen LogP contribution in [0.3, 0.4) is 0 Å². The molecule has 160 valence electrons. The molecule has 0 aromatic heterocycles. The zero-order valence-electron chi connectivity index (χ0n) is 17.7. The molecule has 2 heterocycles. The average Bonchev–Trinajstić information content (AvgIpc) is 3.21. The molecular weight excluding hydrogens is 356 g/mol. The van der Waals surface area contributed by atoms with Crippen molar-refractivity contribution in [1.82, 2.24) is 20.0 Å². The van der Waals surface area contributed by atoms with Crippen molar-refractivity contribution in [2.75, 3.05) is 53.5 Å². The van der Waals surface area contributed by atoms with Crippen molar-refractivity contribution >= 4 is 11.9 Å². The molecule has 28 heavy (non-hydrogen) atoms. The van der Waals surface area contributed by atoms with Gasteiger partial charge in [-0.05, 0) is 32.1 Å². The Morgan fingerprint density at radius 1 is 1.00 bits per heavy atom. The van der Waals surface area contributed by atoms with Crippen molar-refractivity contribution in [3.63, 3.8) is 0 Å². The van der Waals surface area contributed by atoms with Gasteiger partial charge in [0, 0.05) is 71.5 Å². The molecule has 3 rings (SSSR count). The van der Waals surface area contributed by atoms with Crippen molar-refractivity contribution in [2.24, 2.45) is 5.92 Å². The van der Waals surface area contributed by atoms with E-state index in [1.807, 2.05) is 19.0 Å². The topological polar surface area (TPSA) is 65.1 Å². The number of likely N-dealkylation sites (tertiary alicyclic amines) is 1. The minimum atomic E-state index is 0.0972. The summed E-state index contributed by atoms with van der Waals surface area (Å²) in [4.78, 5) is 31.0. The van der Waals surface area contributed by atoms with E-state index in [1.165, 1.54) is 19.3 Å². The number of urea groups is 1. The summed E-state index contributed by atoms with van der Waals surface area (Å²) in [5, 5.41) is 3.20. The van der Waals surface area contributed by atoms with Gasteiger partial charge in [0.2, 0.25) is 5.91 Å². The van der Waals surface area contributed by atoms with Crippen LogP contribution < -0.4 is 5.32 Å². The highest BCUT2D eigenvalue weighted by atomic mass is 16.5. The second kappa shape index (κ2) is 10.4. The Morgan fingerprint density at radius 3 is 2.39 bits per heavy atom. The van der Waals surface area contributed by atoms with Gasteiger partial charge in [-0.3, -0.25) is 9.69 Å². The van der Waals surface area contributed by atoms with E-state index >= 15 is 0 Å². The Labute approximate surface area is 169 Å². The van der Waals surface area contributed by atoms with Crippen molar-refractivity contribution in [1.29, 1.82) is 0 Å². The zero-order chi connectivity index (χ0) is 19.9. The van der Waals surface area contributed by atoms with E-state index in [1.54, 1.807) is 4.90 Å². The molecule has 7 nitrogen and oxygen atoms in total. The fourth-order valence-corrected chi connectivity index (χ4v) is 4.97. The molecule has 0 aromatic carbocycles. The van der Waals surface area contributed by atoms with Crippen molar-refractivity contribution in [2.45, 2.75) is 63.5 Å². The Kier molecular flexibility index (Phi) is 7.97. The summed E-state index contributed by atoms with van der Waals surface area (Å²) in [6.45, 7) is 4.77. The number of nitrogens with zero attached hydrogens (tertiary/aromatic N) is 3. The molecule has 0 spiro atoms. The van der Waals surface area contributed by atoms with Gasteiger partial charge in [-0.1, -0.05) is 19.3 Å². The molecule has 3 amide bonds. The Bertz CT molecular complexity index is 516. The Balaban J connectivity index is 1.53. The van der Waals surface area contributed by atoms with Crippen LogP contribution in [0.5, 0.6) is 0 Å². The highest BCUT2D eigenvalue weighted by molar-refractivity contribution is 5.78. The van der Waals surface area contributed by atoms with Gasteiger partial charge in [-0.15, -0.1) is 0 Å². The standard InChI is InChI=1S/C21H38N4O3/c1-23(2)21(27)24-12-8-19(16-24)25(18-9-14-28-15-10-18)13-11-22-20(26)17-6-4-3-5-7-17/h17-19H,3-16H2,1-2H3,(H,22,26). The molecule has 2 saturated heterocycles. The summed E-state index contributed by atoms with van der Waals surface area (Å²) < 4.78 is 5.56. The number of ether oxygens (including phenoxy) is 1. The van der Waals surface area contributed by atoms with Gasteiger partial charge in [-0.2, -0.15) is 0 Å². The summed E-state index contributed by atoms with van der Waals surface area (Å²) in [6, 6.07) is 0.957. The van der Waals surface area contributed by atoms with Crippen LogP contribution in [-0.2, 0) is 9.53 Å². The monoisotopic (exact) mass is 394 g/mol. The van der Waals surface area contributed by atoms with Gasteiger partial charge >= 0.3 is 6.03 Å². The van der Waals surface area contributed by atoms with Crippen molar-refractivity contribution in [3.8, 4) is 0 Å². The predicted octanol–water partition coefficient (Wildman–Crippen LogP) is 1.92. The summed E-state index contributed by atoms with van der Waals surface area (Å²) in [5.41, 5.74) is 0. The molecule has 3 aliphatic rings. The van der Waals surface area contributed by atoms with Crippen LogP contribution >= 0.6 is 0 Å². The summed E-state index contributed by atoms with van der Waals surface area (Å²) in [6.07, 6.45) is 8.80. The SMILES string of the molecule is CN(C)C(=O)N1CCC(N(CCNC(=O)C2CCCCC2)C2CCOCC2)C1. The predicted molar refractivity (Wildman–Crippen MR) is 109 cm³/mol. The van der Waals surface area contributed by atoms with E-state index in [0.717, 1.165) is 65.0 Å². The number of carbonyl (C=O) groups is 2. The molecule has 0 radical (unpaired) electrons. The second-order valence-electron chi connectivity index (χ2n) is 8.77. The van der Waals surface area contributed by atoms with Crippen LogP contribution in [0.15, 0.2) is 0 Å². The van der Waals surface area contributed by atoms with Crippen LogP contribution in [0, 0.1) is 5.92 Å². The first-order chi connectivity index (χ1) is 13.6. The van der Waals surface area contributed by atoms with Crippen LogP contribution in [0.25, 0.3) is 0 Å². The van der Waals surface area contributed by atoms with Crippen LogP contribution in [0.4, 0.5) is 4.79 Å². The quantitative estimate of drug-likeness (QED) is 0.748. The fraction of sp³-hybridized carbons (Fsp3) is 0.905. The number of rotatable bonds is 6. The van der Waals surface area contributed by atoms with E-state index in [-0.39, 0.29) is 17.9 Å². The molecule has 0 aromatic rings. The minimum Gasteiger partial charge on any atom is -0.381 e. The lowest BCUT2D eigenvalue weighted by atomic mass is 9.89. The maximum Gasteiger partial charge on any atom is 0.319 e. The number of amides is 3. The smallest absolute Gasteiger partial charge is 0.319 e. The first-order valence-electron chi connectivity index (χ1n) is 11.1. The average molecular weight is 395 g/mol. The summed E-state index contributed by atoms with van der Waals surface area (Å²) >= 11 is 0. The summed E-state index contributed by atoms with van der Waals surface area (Å²) in [7, 11) is 3.62. The third kappa shape index (κ3) is 5.60. The minimum absolute atomic E-state index is 0.0972. The van der Waals surface area contributed by atoms with E-state index < -0.39 is 0 Å². The maximum atomic E-state index is 12.5. The van der Waals surface area contributed by atoms with Crippen LogP contribution in [0.2, 0.25) is 0 Å². The number of nitrogens with one attached hydrogen (secondary N) is 1. The van der Waals surface area contributed by atoms with Crippen molar-refractivity contribution < 1.29 is 14.3 Å². The molecule has 2 aliphatic heterocycles. The fourth-order valence-electron chi connectivity index (χ4n) is 4.97. The van der Waals surface area contributed by atoms with Gasteiger partial charge in [0.15, 0.2) is 0 Å². The van der Waals surface area contributed by atoms with Crippen molar-refractivity contribution in [3.05, 3.63) is 0 Å². The largest absolute Gasteiger partial charge is 0.381 e. The zero-order valence-corrected chi connectivity index (χ0v) is 17.7. The molecule has 0 bridgehead atoms. The molecule has 1 N–H and O–H groups in total. The van der Waals surface area contributed by atoms with E-state index in [0.29, 0.717) is 18.6 Å². The summed E-state index contributed by atoms with van der Waals surface area (Å²) in [5.74, 6) is 0.451. The van der Waals surface area contributed by atoms with Gasteiger partial charge in [0.05, 0.1) is 0 Å². The van der Waals surface area contributed by atoms with Gasteiger partial charge in [0.25, 0.3) is 0 Å². The maximum absolute atomic E-state index is 12.5. The first kappa shape index (κ1) is 21.4. The molecule has 7 heteroatoms. The van der Waals surface area contributed by atoms with E-state index in [9.17, 15) is 9.59 Å². The number of hydrogen-bond donors (Lipinski definition) is 1. The lowest BCUT2D eigenvalue weighted by molar-refractivity contribution is -0.126. The number of hydrogen-bond acceptors (Lipinski definition) is 4. The molecule has 1 aliphatic carbocycles. The third-order valence-electron chi connectivity index (χ3n) is 6.59.